The lowest BCUT2D eigenvalue weighted by molar-refractivity contribution is -0.161. The number of aromatic nitrogens is 1. The molecule has 146 valence electrons. The molecule has 5 heteroatoms. The summed E-state index contributed by atoms with van der Waals surface area (Å²) in [5, 5.41) is 11.2. The van der Waals surface area contributed by atoms with Crippen LogP contribution in [0.3, 0.4) is 0 Å². The van der Waals surface area contributed by atoms with Crippen molar-refractivity contribution < 1.29 is 14.6 Å². The molecule has 2 aromatic carbocycles. The Kier molecular flexibility index (Phi) is 5.13. The van der Waals surface area contributed by atoms with Crippen molar-refractivity contribution in [3.05, 3.63) is 70.1 Å². The van der Waals surface area contributed by atoms with Crippen molar-refractivity contribution >= 4 is 16.7 Å². The maximum absolute atomic E-state index is 13.0. The number of nitrogens with zero attached hydrogens (tertiary/aromatic N) is 1. The number of hydrogen-bond donors (Lipinski definition) is 1. The van der Waals surface area contributed by atoms with Crippen LogP contribution in [0, 0.1) is 6.92 Å². The first-order valence-corrected chi connectivity index (χ1v) is 9.19. The Labute approximate surface area is 164 Å². The fourth-order valence-electron chi connectivity index (χ4n) is 3.47. The number of hydrogen-bond acceptors (Lipinski definition) is 3. The molecule has 0 aliphatic rings. The Hall–Kier alpha value is -2.92. The van der Waals surface area contributed by atoms with Gasteiger partial charge in [0.2, 0.25) is 0 Å². The summed E-state index contributed by atoms with van der Waals surface area (Å²) < 4.78 is 7.31. The molecule has 0 spiro atoms. The van der Waals surface area contributed by atoms with Crippen LogP contribution in [0.5, 0.6) is 0 Å². The summed E-state index contributed by atoms with van der Waals surface area (Å²) in [6.07, 6.45) is -1.28. The van der Waals surface area contributed by atoms with Gasteiger partial charge in [-0.25, -0.2) is 4.79 Å². The second-order valence-corrected chi connectivity index (χ2v) is 7.99. The van der Waals surface area contributed by atoms with Gasteiger partial charge < -0.3 is 14.4 Å². The van der Waals surface area contributed by atoms with E-state index >= 15 is 0 Å². The molecule has 28 heavy (non-hydrogen) atoms. The molecule has 3 rings (SSSR count). The summed E-state index contributed by atoms with van der Waals surface area (Å²) in [4.78, 5) is 25.2. The van der Waals surface area contributed by atoms with E-state index in [9.17, 15) is 14.7 Å². The van der Waals surface area contributed by atoms with Gasteiger partial charge in [0.1, 0.15) is 0 Å². The highest BCUT2D eigenvalue weighted by Crippen LogP contribution is 2.36. The van der Waals surface area contributed by atoms with Crippen LogP contribution in [0.1, 0.15) is 38.1 Å². The van der Waals surface area contributed by atoms with Crippen LogP contribution >= 0.6 is 0 Å². The highest BCUT2D eigenvalue weighted by atomic mass is 16.5. The van der Waals surface area contributed by atoms with Crippen molar-refractivity contribution in [2.75, 3.05) is 0 Å². The first-order valence-electron chi connectivity index (χ1n) is 9.19. The fraction of sp³-hybridized carbons (Fsp3) is 0.304. The average molecular weight is 379 g/mol. The van der Waals surface area contributed by atoms with E-state index in [1.807, 2.05) is 49.4 Å². The van der Waals surface area contributed by atoms with Gasteiger partial charge >= 0.3 is 5.97 Å². The molecule has 1 atom stereocenters. The van der Waals surface area contributed by atoms with Crippen molar-refractivity contribution in [1.82, 2.24) is 4.57 Å². The Bertz CT molecular complexity index is 1110. The smallest absolute Gasteiger partial charge is 0.339 e. The van der Waals surface area contributed by atoms with E-state index < -0.39 is 17.7 Å². The van der Waals surface area contributed by atoms with Crippen LogP contribution < -0.4 is 5.56 Å². The van der Waals surface area contributed by atoms with Gasteiger partial charge in [0.15, 0.2) is 6.10 Å². The maximum atomic E-state index is 13.0. The summed E-state index contributed by atoms with van der Waals surface area (Å²) in [6, 6.07) is 15.1. The topological polar surface area (TPSA) is 68.5 Å². The van der Waals surface area contributed by atoms with E-state index in [-0.39, 0.29) is 5.56 Å². The van der Waals surface area contributed by atoms with Gasteiger partial charge in [-0.15, -0.1) is 0 Å². The highest BCUT2D eigenvalue weighted by Gasteiger charge is 2.32. The molecule has 0 aliphatic carbocycles. The molecule has 1 heterocycles. The zero-order chi connectivity index (χ0) is 20.6. The van der Waals surface area contributed by atoms with Crippen molar-refractivity contribution in [2.45, 2.75) is 39.4 Å². The first-order chi connectivity index (χ1) is 13.1. The van der Waals surface area contributed by atoms with Gasteiger partial charge in [0.25, 0.3) is 5.56 Å². The maximum Gasteiger partial charge on any atom is 0.339 e. The quantitative estimate of drug-likeness (QED) is 0.727. The molecule has 0 saturated carbocycles. The van der Waals surface area contributed by atoms with E-state index in [0.29, 0.717) is 16.6 Å². The minimum Gasteiger partial charge on any atom is -0.479 e. The minimum absolute atomic E-state index is 0.245. The fourth-order valence-corrected chi connectivity index (χ4v) is 3.47. The van der Waals surface area contributed by atoms with Gasteiger partial charge in [-0.3, -0.25) is 4.79 Å². The van der Waals surface area contributed by atoms with E-state index in [0.717, 1.165) is 16.5 Å². The summed E-state index contributed by atoms with van der Waals surface area (Å²) in [5.41, 5.74) is 2.00. The number of rotatable bonds is 4. The molecule has 1 N–H and O–H groups in total. The third-order valence-electron chi connectivity index (χ3n) is 4.60. The zero-order valence-electron chi connectivity index (χ0n) is 16.8. The largest absolute Gasteiger partial charge is 0.479 e. The van der Waals surface area contributed by atoms with Crippen LogP contribution in [0.4, 0.5) is 0 Å². The Morgan fingerprint density at radius 1 is 1.07 bits per heavy atom. The Balaban J connectivity index is 2.47. The standard InChI is InChI=1S/C23H25NO4/c1-14-9-8-10-15(13-14)18-16-11-6-7-12-17(16)21(25)24(5)19(18)20(22(26)27)28-23(2,3)4/h6-13,20H,1-5H3,(H,26,27). The molecule has 3 aromatic rings. The lowest BCUT2D eigenvalue weighted by Gasteiger charge is -2.28. The molecular weight excluding hydrogens is 354 g/mol. The number of ether oxygens (including phenoxy) is 1. The molecule has 5 nitrogen and oxygen atoms in total. The van der Waals surface area contributed by atoms with E-state index in [2.05, 4.69) is 0 Å². The third kappa shape index (κ3) is 3.71. The molecule has 0 aliphatic heterocycles. The molecule has 0 bridgehead atoms. The average Bonchev–Trinajstić information content (AvgIpc) is 2.62. The normalized spacial score (nSPS) is 12.9. The molecule has 1 unspecified atom stereocenters. The van der Waals surface area contributed by atoms with Crippen molar-refractivity contribution in [3.63, 3.8) is 0 Å². The van der Waals surface area contributed by atoms with Crippen LogP contribution in [0.25, 0.3) is 21.9 Å². The summed E-state index contributed by atoms with van der Waals surface area (Å²) in [6.45, 7) is 7.38. The highest BCUT2D eigenvalue weighted by molar-refractivity contribution is 5.98. The molecule has 0 radical (unpaired) electrons. The number of benzene rings is 2. The monoisotopic (exact) mass is 379 g/mol. The molecule has 0 fully saturated rings. The van der Waals surface area contributed by atoms with Gasteiger partial charge in [0.05, 0.1) is 11.3 Å². The summed E-state index contributed by atoms with van der Waals surface area (Å²) in [5.74, 6) is -1.13. The van der Waals surface area contributed by atoms with Gasteiger partial charge in [0, 0.05) is 18.0 Å². The minimum atomic E-state index is -1.28. The summed E-state index contributed by atoms with van der Waals surface area (Å²) >= 11 is 0. The van der Waals surface area contributed by atoms with Crippen molar-refractivity contribution in [2.24, 2.45) is 7.05 Å². The second-order valence-electron chi connectivity index (χ2n) is 7.99. The predicted molar refractivity (Wildman–Crippen MR) is 111 cm³/mol. The molecule has 1 aromatic heterocycles. The van der Waals surface area contributed by atoms with Crippen molar-refractivity contribution in [1.29, 1.82) is 0 Å². The van der Waals surface area contributed by atoms with E-state index in [1.165, 1.54) is 4.57 Å². The number of aliphatic carboxylic acids is 1. The molecular formula is C23H25NO4. The van der Waals surface area contributed by atoms with E-state index in [1.54, 1.807) is 33.9 Å². The number of carboxylic acid groups (broad SMARTS) is 1. The zero-order valence-corrected chi connectivity index (χ0v) is 16.8. The lowest BCUT2D eigenvalue weighted by atomic mass is 9.93. The third-order valence-corrected chi connectivity index (χ3v) is 4.60. The lowest BCUT2D eigenvalue weighted by Crippen LogP contribution is -2.32. The van der Waals surface area contributed by atoms with Crippen molar-refractivity contribution in [3.8, 4) is 11.1 Å². The van der Waals surface area contributed by atoms with Gasteiger partial charge in [-0.1, -0.05) is 48.0 Å². The van der Waals surface area contributed by atoms with Crippen LogP contribution in [0.15, 0.2) is 53.3 Å². The predicted octanol–water partition coefficient (Wildman–Crippen LogP) is 4.45. The second kappa shape index (κ2) is 7.24. The van der Waals surface area contributed by atoms with Gasteiger partial charge in [-0.2, -0.15) is 0 Å². The number of pyridine rings is 1. The first kappa shape index (κ1) is 19.8. The Morgan fingerprint density at radius 3 is 2.29 bits per heavy atom. The molecule has 0 saturated heterocycles. The Morgan fingerprint density at radius 2 is 1.71 bits per heavy atom. The SMILES string of the molecule is Cc1cccc(-c2c(C(OC(C)(C)C)C(=O)O)n(C)c(=O)c3ccccc23)c1. The van der Waals surface area contributed by atoms with Crippen LogP contribution in [-0.2, 0) is 16.6 Å². The number of carbonyl (C=O) groups is 1. The van der Waals surface area contributed by atoms with Crippen LogP contribution in [-0.4, -0.2) is 21.2 Å². The number of carboxylic acids is 1. The number of fused-ring (bicyclic) bond motifs is 1. The molecule has 0 amide bonds. The van der Waals surface area contributed by atoms with Gasteiger partial charge in [-0.05, 0) is 44.7 Å². The number of aryl methyl sites for hydroxylation is 1. The summed E-state index contributed by atoms with van der Waals surface area (Å²) in [7, 11) is 1.60. The van der Waals surface area contributed by atoms with E-state index in [4.69, 9.17) is 4.74 Å². The van der Waals surface area contributed by atoms with Crippen LogP contribution in [0.2, 0.25) is 0 Å².